The molecular weight excluding hydrogens is 260 g/mol. The molecule has 0 aliphatic carbocycles. The first-order chi connectivity index (χ1) is 9.58. The fourth-order valence-electron chi connectivity index (χ4n) is 2.17. The van der Waals surface area contributed by atoms with Gasteiger partial charge in [-0.05, 0) is 38.1 Å². The molecule has 108 valence electrons. The van der Waals surface area contributed by atoms with Gasteiger partial charge < -0.3 is 20.6 Å². The van der Waals surface area contributed by atoms with Gasteiger partial charge in [-0.1, -0.05) is 0 Å². The summed E-state index contributed by atoms with van der Waals surface area (Å²) in [6, 6.07) is 2.91. The quantitative estimate of drug-likeness (QED) is 0.766. The standard InChI is InChI=1S/C13H18N4O3/c1-17(10-4-6-14-7-5-10)13(20)16-9-2-3-11(12(18)19)15-8-9/h2-3,8,10,14H,4-7H2,1H3,(H,16,20)(H,18,19). The molecule has 1 aliphatic rings. The molecule has 1 aromatic rings. The highest BCUT2D eigenvalue weighted by atomic mass is 16.4. The van der Waals surface area contributed by atoms with E-state index in [9.17, 15) is 9.59 Å². The number of nitrogens with zero attached hydrogens (tertiary/aromatic N) is 2. The molecule has 0 aromatic carbocycles. The summed E-state index contributed by atoms with van der Waals surface area (Å²) in [4.78, 5) is 28.2. The van der Waals surface area contributed by atoms with Crippen molar-refractivity contribution < 1.29 is 14.7 Å². The van der Waals surface area contributed by atoms with E-state index >= 15 is 0 Å². The molecule has 0 unspecified atom stereocenters. The number of urea groups is 1. The summed E-state index contributed by atoms with van der Waals surface area (Å²) in [6.07, 6.45) is 3.21. The first-order valence-corrected chi connectivity index (χ1v) is 6.52. The average Bonchev–Trinajstić information content (AvgIpc) is 2.48. The number of aromatic nitrogens is 1. The summed E-state index contributed by atoms with van der Waals surface area (Å²) in [6.45, 7) is 1.83. The molecule has 2 amide bonds. The zero-order valence-electron chi connectivity index (χ0n) is 11.3. The lowest BCUT2D eigenvalue weighted by molar-refractivity contribution is 0.0690. The molecule has 7 nitrogen and oxygen atoms in total. The van der Waals surface area contributed by atoms with Crippen molar-refractivity contribution in [1.29, 1.82) is 0 Å². The molecule has 1 fully saturated rings. The van der Waals surface area contributed by atoms with Gasteiger partial charge in [0.05, 0.1) is 11.9 Å². The number of nitrogens with one attached hydrogen (secondary N) is 2. The minimum Gasteiger partial charge on any atom is -0.477 e. The van der Waals surface area contributed by atoms with Crippen LogP contribution in [0.3, 0.4) is 0 Å². The molecule has 1 saturated heterocycles. The number of carboxylic acids is 1. The second-order valence-corrected chi connectivity index (χ2v) is 4.76. The van der Waals surface area contributed by atoms with Crippen LogP contribution in [0.25, 0.3) is 0 Å². The van der Waals surface area contributed by atoms with Gasteiger partial charge in [0.25, 0.3) is 0 Å². The number of pyridine rings is 1. The largest absolute Gasteiger partial charge is 0.477 e. The number of aromatic carboxylic acids is 1. The molecule has 1 aromatic heterocycles. The molecule has 2 rings (SSSR count). The number of carbonyl (C=O) groups excluding carboxylic acids is 1. The Bertz CT molecular complexity index is 483. The van der Waals surface area contributed by atoms with Crippen molar-refractivity contribution in [3.8, 4) is 0 Å². The predicted octanol–water partition coefficient (Wildman–Crippen LogP) is 0.995. The molecule has 20 heavy (non-hydrogen) atoms. The van der Waals surface area contributed by atoms with E-state index in [-0.39, 0.29) is 17.8 Å². The Balaban J connectivity index is 1.94. The van der Waals surface area contributed by atoms with Crippen LogP contribution in [-0.4, -0.2) is 53.2 Å². The molecule has 0 bridgehead atoms. The van der Waals surface area contributed by atoms with E-state index in [1.165, 1.54) is 18.3 Å². The Morgan fingerprint density at radius 3 is 2.65 bits per heavy atom. The molecule has 0 saturated carbocycles. The van der Waals surface area contributed by atoms with Crippen molar-refractivity contribution in [3.05, 3.63) is 24.0 Å². The first-order valence-electron chi connectivity index (χ1n) is 6.52. The summed E-state index contributed by atoms with van der Waals surface area (Å²) in [5.41, 5.74) is 0.440. The number of carboxylic acid groups (broad SMARTS) is 1. The van der Waals surface area contributed by atoms with E-state index in [0.717, 1.165) is 25.9 Å². The number of carbonyl (C=O) groups is 2. The SMILES string of the molecule is CN(C(=O)Nc1ccc(C(=O)O)nc1)C1CCNCC1. The highest BCUT2D eigenvalue weighted by molar-refractivity contribution is 5.90. The molecule has 0 atom stereocenters. The van der Waals surface area contributed by atoms with Gasteiger partial charge in [0.2, 0.25) is 0 Å². The van der Waals surface area contributed by atoms with Crippen LogP contribution in [0, 0.1) is 0 Å². The van der Waals surface area contributed by atoms with Crippen LogP contribution < -0.4 is 10.6 Å². The van der Waals surface area contributed by atoms with Gasteiger partial charge in [0, 0.05) is 13.1 Å². The molecule has 2 heterocycles. The number of hydrogen-bond acceptors (Lipinski definition) is 4. The summed E-state index contributed by atoms with van der Waals surface area (Å²) >= 11 is 0. The fraction of sp³-hybridized carbons (Fsp3) is 0.462. The van der Waals surface area contributed by atoms with E-state index < -0.39 is 5.97 Å². The minimum atomic E-state index is -1.09. The maximum Gasteiger partial charge on any atom is 0.354 e. The van der Waals surface area contributed by atoms with E-state index in [1.54, 1.807) is 11.9 Å². The lowest BCUT2D eigenvalue weighted by Crippen LogP contribution is -2.45. The van der Waals surface area contributed by atoms with Crippen molar-refractivity contribution in [3.63, 3.8) is 0 Å². The number of amides is 2. The van der Waals surface area contributed by atoms with Gasteiger partial charge in [-0.3, -0.25) is 0 Å². The Labute approximate surface area is 117 Å². The Kier molecular flexibility index (Phi) is 4.52. The van der Waals surface area contributed by atoms with Gasteiger partial charge >= 0.3 is 12.0 Å². The molecule has 0 spiro atoms. The van der Waals surface area contributed by atoms with Crippen LogP contribution >= 0.6 is 0 Å². The monoisotopic (exact) mass is 278 g/mol. The van der Waals surface area contributed by atoms with Gasteiger partial charge in [-0.15, -0.1) is 0 Å². The summed E-state index contributed by atoms with van der Waals surface area (Å²) in [5, 5.41) is 14.7. The van der Waals surface area contributed by atoms with E-state index in [1.807, 2.05) is 0 Å². The summed E-state index contributed by atoms with van der Waals surface area (Å²) in [7, 11) is 1.77. The number of rotatable bonds is 3. The van der Waals surface area contributed by atoms with E-state index in [2.05, 4.69) is 15.6 Å². The van der Waals surface area contributed by atoms with Crippen molar-refractivity contribution >= 4 is 17.7 Å². The zero-order valence-corrected chi connectivity index (χ0v) is 11.3. The van der Waals surface area contributed by atoms with Crippen LogP contribution in [-0.2, 0) is 0 Å². The first kappa shape index (κ1) is 14.3. The van der Waals surface area contributed by atoms with Crippen molar-refractivity contribution in [1.82, 2.24) is 15.2 Å². The maximum atomic E-state index is 12.1. The Morgan fingerprint density at radius 1 is 1.40 bits per heavy atom. The second-order valence-electron chi connectivity index (χ2n) is 4.76. The minimum absolute atomic E-state index is 0.0466. The van der Waals surface area contributed by atoms with E-state index in [0.29, 0.717) is 5.69 Å². The van der Waals surface area contributed by atoms with Crippen molar-refractivity contribution in [2.24, 2.45) is 0 Å². The molecule has 0 radical (unpaired) electrons. The van der Waals surface area contributed by atoms with Gasteiger partial charge in [-0.2, -0.15) is 0 Å². The molecule has 7 heteroatoms. The Morgan fingerprint density at radius 2 is 2.10 bits per heavy atom. The third kappa shape index (κ3) is 3.45. The lowest BCUT2D eigenvalue weighted by atomic mass is 10.1. The fourth-order valence-corrected chi connectivity index (χ4v) is 2.17. The number of anilines is 1. The van der Waals surface area contributed by atoms with E-state index in [4.69, 9.17) is 5.11 Å². The van der Waals surface area contributed by atoms with Crippen LogP contribution in [0.4, 0.5) is 10.5 Å². The van der Waals surface area contributed by atoms with Crippen LogP contribution in [0.5, 0.6) is 0 Å². The third-order valence-corrected chi connectivity index (χ3v) is 3.41. The highest BCUT2D eigenvalue weighted by Crippen LogP contribution is 2.13. The smallest absolute Gasteiger partial charge is 0.354 e. The Hall–Kier alpha value is -2.15. The normalized spacial score (nSPS) is 15.7. The van der Waals surface area contributed by atoms with Gasteiger partial charge in [-0.25, -0.2) is 14.6 Å². The second kappa shape index (κ2) is 6.33. The zero-order chi connectivity index (χ0) is 14.5. The summed E-state index contributed by atoms with van der Waals surface area (Å²) < 4.78 is 0. The number of hydrogen-bond donors (Lipinski definition) is 3. The molecular formula is C13H18N4O3. The third-order valence-electron chi connectivity index (χ3n) is 3.41. The van der Waals surface area contributed by atoms with Crippen LogP contribution in [0.2, 0.25) is 0 Å². The predicted molar refractivity (Wildman–Crippen MR) is 73.9 cm³/mol. The van der Waals surface area contributed by atoms with Crippen molar-refractivity contribution in [2.45, 2.75) is 18.9 Å². The molecule has 1 aliphatic heterocycles. The maximum absolute atomic E-state index is 12.1. The lowest BCUT2D eigenvalue weighted by Gasteiger charge is -2.31. The molecule has 3 N–H and O–H groups in total. The highest BCUT2D eigenvalue weighted by Gasteiger charge is 2.21. The van der Waals surface area contributed by atoms with Crippen LogP contribution in [0.1, 0.15) is 23.3 Å². The average molecular weight is 278 g/mol. The summed E-state index contributed by atoms with van der Waals surface area (Å²) in [5.74, 6) is -1.09. The van der Waals surface area contributed by atoms with Crippen molar-refractivity contribution in [2.75, 3.05) is 25.5 Å². The van der Waals surface area contributed by atoms with Gasteiger partial charge in [0.1, 0.15) is 5.69 Å². The van der Waals surface area contributed by atoms with Crippen LogP contribution in [0.15, 0.2) is 18.3 Å². The van der Waals surface area contributed by atoms with Gasteiger partial charge in [0.15, 0.2) is 0 Å². The topological polar surface area (TPSA) is 94.6 Å². The number of piperidine rings is 1.